The summed E-state index contributed by atoms with van der Waals surface area (Å²) < 4.78 is 9.91. The van der Waals surface area contributed by atoms with E-state index in [1.165, 1.54) is 5.56 Å². The minimum absolute atomic E-state index is 0.242. The number of aromatic hydroxyl groups is 2. The molecule has 6 heteroatoms. The van der Waals surface area contributed by atoms with Crippen molar-refractivity contribution in [3.63, 3.8) is 0 Å². The van der Waals surface area contributed by atoms with Crippen LogP contribution in [0.3, 0.4) is 0 Å². The summed E-state index contributed by atoms with van der Waals surface area (Å²) in [6.07, 6.45) is 0. The predicted molar refractivity (Wildman–Crippen MR) is 133 cm³/mol. The van der Waals surface area contributed by atoms with Crippen LogP contribution < -0.4 is 4.74 Å². The summed E-state index contributed by atoms with van der Waals surface area (Å²) in [7, 11) is 1.69. The van der Waals surface area contributed by atoms with Crippen LogP contribution in [0.4, 0.5) is 0 Å². The van der Waals surface area contributed by atoms with Crippen LogP contribution in [0.2, 0.25) is 0 Å². The molecule has 0 bridgehead atoms. The van der Waals surface area contributed by atoms with Gasteiger partial charge in [-0.3, -0.25) is 0 Å². The van der Waals surface area contributed by atoms with Gasteiger partial charge in [0.05, 0.1) is 19.9 Å². The molecular formula is C23H19I2NO3. The van der Waals surface area contributed by atoms with E-state index >= 15 is 0 Å². The molecule has 0 radical (unpaired) electrons. The molecule has 1 aromatic heterocycles. The normalized spacial score (nSPS) is 11.2. The standard InChI is InChI=1S/C23H19I2NO3/c1-13-18-11-17(28)7-8-21(18)26(22(13)15-3-5-16(27)6-4-15)12-14-9-19(24)23(29-2)20(25)10-14/h3-11,27-28H,12H2,1-2H3. The number of nitrogens with zero attached hydrogens (tertiary/aromatic N) is 1. The number of rotatable bonds is 4. The molecule has 4 nitrogen and oxygen atoms in total. The van der Waals surface area contributed by atoms with Gasteiger partial charge in [-0.25, -0.2) is 0 Å². The van der Waals surface area contributed by atoms with Crippen LogP contribution in [-0.4, -0.2) is 21.9 Å². The van der Waals surface area contributed by atoms with Crippen molar-refractivity contribution in [3.8, 4) is 28.5 Å². The monoisotopic (exact) mass is 611 g/mol. The fraction of sp³-hybridized carbons (Fsp3) is 0.130. The second-order valence-electron chi connectivity index (χ2n) is 6.90. The lowest BCUT2D eigenvalue weighted by Crippen LogP contribution is -2.04. The number of aromatic nitrogens is 1. The summed E-state index contributed by atoms with van der Waals surface area (Å²) in [6, 6.07) is 17.0. The first-order valence-corrected chi connectivity index (χ1v) is 11.2. The van der Waals surface area contributed by atoms with Crippen molar-refractivity contribution < 1.29 is 14.9 Å². The van der Waals surface area contributed by atoms with E-state index in [1.54, 1.807) is 25.3 Å². The third-order valence-electron chi connectivity index (χ3n) is 5.04. The smallest absolute Gasteiger partial charge is 0.145 e. The second kappa shape index (κ2) is 8.06. The zero-order valence-corrected chi connectivity index (χ0v) is 20.2. The van der Waals surface area contributed by atoms with Gasteiger partial charge in [-0.15, -0.1) is 0 Å². The van der Waals surface area contributed by atoms with Gasteiger partial charge in [0.2, 0.25) is 0 Å². The summed E-state index contributed by atoms with van der Waals surface area (Å²) in [6.45, 7) is 2.75. The number of ether oxygens (including phenoxy) is 1. The summed E-state index contributed by atoms with van der Waals surface area (Å²) in [4.78, 5) is 0. The Morgan fingerprint density at radius 1 is 0.897 bits per heavy atom. The summed E-state index contributed by atoms with van der Waals surface area (Å²) >= 11 is 4.61. The molecule has 148 valence electrons. The molecule has 3 aromatic carbocycles. The average Bonchev–Trinajstić information content (AvgIpc) is 2.94. The van der Waals surface area contributed by atoms with Crippen LogP contribution >= 0.6 is 45.2 Å². The molecular weight excluding hydrogens is 592 g/mol. The Bertz CT molecular complexity index is 1190. The van der Waals surface area contributed by atoms with E-state index in [1.807, 2.05) is 24.3 Å². The molecule has 0 amide bonds. The van der Waals surface area contributed by atoms with Crippen molar-refractivity contribution in [2.75, 3.05) is 7.11 Å². The van der Waals surface area contributed by atoms with E-state index in [0.29, 0.717) is 6.54 Å². The van der Waals surface area contributed by atoms with Crippen LogP contribution in [0.15, 0.2) is 54.6 Å². The minimum Gasteiger partial charge on any atom is -0.508 e. The highest BCUT2D eigenvalue weighted by molar-refractivity contribution is 14.1. The maximum absolute atomic E-state index is 10.0. The molecule has 0 saturated carbocycles. The number of phenolic OH excluding ortho intramolecular Hbond substituents is 2. The van der Waals surface area contributed by atoms with Crippen LogP contribution in [-0.2, 0) is 6.54 Å². The molecule has 4 aromatic rings. The molecule has 0 spiro atoms. The van der Waals surface area contributed by atoms with Crippen LogP contribution in [0.25, 0.3) is 22.2 Å². The largest absolute Gasteiger partial charge is 0.508 e. The van der Waals surface area contributed by atoms with Crippen molar-refractivity contribution in [2.24, 2.45) is 0 Å². The van der Waals surface area contributed by atoms with Crippen molar-refractivity contribution in [3.05, 3.63) is 72.9 Å². The molecule has 4 rings (SSSR count). The van der Waals surface area contributed by atoms with E-state index < -0.39 is 0 Å². The number of halogens is 2. The van der Waals surface area contributed by atoms with Gasteiger partial charge >= 0.3 is 0 Å². The van der Waals surface area contributed by atoms with Crippen LogP contribution in [0.5, 0.6) is 17.2 Å². The molecule has 0 atom stereocenters. The van der Waals surface area contributed by atoms with Gasteiger partial charge in [0.25, 0.3) is 0 Å². The number of phenols is 2. The van der Waals surface area contributed by atoms with E-state index in [0.717, 1.165) is 40.6 Å². The molecule has 1 heterocycles. The van der Waals surface area contributed by atoms with E-state index in [2.05, 4.69) is 68.8 Å². The zero-order valence-electron chi connectivity index (χ0n) is 15.9. The summed E-state index contributed by atoms with van der Waals surface area (Å²) in [5.41, 5.74) is 5.42. The van der Waals surface area contributed by atoms with Crippen molar-refractivity contribution in [1.82, 2.24) is 4.57 Å². The zero-order chi connectivity index (χ0) is 20.7. The van der Waals surface area contributed by atoms with Gasteiger partial charge in [-0.2, -0.15) is 0 Å². The topological polar surface area (TPSA) is 54.6 Å². The molecule has 0 unspecified atom stereocenters. The van der Waals surface area contributed by atoms with E-state index in [-0.39, 0.29) is 11.5 Å². The lowest BCUT2D eigenvalue weighted by Gasteiger charge is -2.14. The van der Waals surface area contributed by atoms with Gasteiger partial charge in [-0.05, 0) is 123 Å². The summed E-state index contributed by atoms with van der Waals surface area (Å²) in [5, 5.41) is 20.8. The fourth-order valence-corrected chi connectivity index (χ4v) is 6.08. The Hall–Kier alpha value is -1.94. The highest BCUT2D eigenvalue weighted by atomic mass is 127. The van der Waals surface area contributed by atoms with Crippen LogP contribution in [0.1, 0.15) is 11.1 Å². The first-order chi connectivity index (χ1) is 13.9. The minimum atomic E-state index is 0.242. The number of hydrogen-bond acceptors (Lipinski definition) is 3. The first-order valence-electron chi connectivity index (χ1n) is 9.02. The molecule has 0 saturated heterocycles. The number of fused-ring (bicyclic) bond motifs is 1. The number of aryl methyl sites for hydroxylation is 1. The van der Waals surface area contributed by atoms with Gasteiger partial charge in [0.15, 0.2) is 0 Å². The maximum atomic E-state index is 10.0. The van der Waals surface area contributed by atoms with Crippen molar-refractivity contribution in [1.29, 1.82) is 0 Å². The predicted octanol–water partition coefficient (Wildman–Crippen LogP) is 6.29. The Labute approximate surface area is 196 Å². The molecule has 0 aliphatic rings. The van der Waals surface area contributed by atoms with E-state index in [9.17, 15) is 10.2 Å². The lowest BCUT2D eigenvalue weighted by atomic mass is 10.1. The van der Waals surface area contributed by atoms with Crippen molar-refractivity contribution >= 4 is 56.1 Å². The average molecular weight is 611 g/mol. The Morgan fingerprint density at radius 3 is 2.14 bits per heavy atom. The molecule has 0 aliphatic carbocycles. The first kappa shape index (κ1) is 20.3. The van der Waals surface area contributed by atoms with Crippen LogP contribution in [0, 0.1) is 14.1 Å². The molecule has 0 fully saturated rings. The quantitative estimate of drug-likeness (QED) is 0.267. The van der Waals surface area contributed by atoms with E-state index in [4.69, 9.17) is 4.74 Å². The van der Waals surface area contributed by atoms with Gasteiger partial charge in [0.1, 0.15) is 17.2 Å². The van der Waals surface area contributed by atoms with Gasteiger partial charge in [-0.1, -0.05) is 0 Å². The second-order valence-corrected chi connectivity index (χ2v) is 9.23. The Kier molecular flexibility index (Phi) is 5.65. The molecule has 0 aliphatic heterocycles. The Morgan fingerprint density at radius 2 is 1.52 bits per heavy atom. The van der Waals surface area contributed by atoms with Gasteiger partial charge in [0, 0.05) is 17.4 Å². The highest BCUT2D eigenvalue weighted by Crippen LogP contribution is 2.37. The molecule has 29 heavy (non-hydrogen) atoms. The molecule has 2 N–H and O–H groups in total. The number of benzene rings is 3. The maximum Gasteiger partial charge on any atom is 0.145 e. The highest BCUT2D eigenvalue weighted by Gasteiger charge is 2.18. The lowest BCUT2D eigenvalue weighted by molar-refractivity contribution is 0.408. The summed E-state index contributed by atoms with van der Waals surface area (Å²) in [5.74, 6) is 1.39. The van der Waals surface area contributed by atoms with Gasteiger partial charge < -0.3 is 19.5 Å². The third kappa shape index (κ3) is 3.79. The number of hydrogen-bond donors (Lipinski definition) is 2. The fourth-order valence-electron chi connectivity index (χ4n) is 3.75. The third-order valence-corrected chi connectivity index (χ3v) is 6.65. The SMILES string of the molecule is COc1c(I)cc(Cn2c(-c3ccc(O)cc3)c(C)c3cc(O)ccc32)cc1I. The number of methoxy groups -OCH3 is 1. The Balaban J connectivity index is 1.93. The van der Waals surface area contributed by atoms with Crippen molar-refractivity contribution in [2.45, 2.75) is 13.5 Å².